The normalized spacial score (nSPS) is 9.70. The molecule has 2 rings (SSSR count). The Hall–Kier alpha value is -2.73. The average molecular weight is 308 g/mol. The molecule has 2 aromatic carbocycles. The molecule has 0 aromatic heterocycles. The van der Waals surface area contributed by atoms with Crippen LogP contribution < -0.4 is 9.47 Å². The summed E-state index contributed by atoms with van der Waals surface area (Å²) in [6.45, 7) is 2.02. The van der Waals surface area contributed by atoms with E-state index in [2.05, 4.69) is 11.8 Å². The zero-order chi connectivity index (χ0) is 16.7. The third-order valence-corrected chi connectivity index (χ3v) is 3.49. The molecule has 0 aliphatic heterocycles. The van der Waals surface area contributed by atoms with E-state index in [1.807, 2.05) is 49.4 Å². The number of aryl methyl sites for hydroxylation is 2. The van der Waals surface area contributed by atoms with Crippen molar-refractivity contribution >= 4 is 5.78 Å². The second-order valence-corrected chi connectivity index (χ2v) is 5.23. The second kappa shape index (κ2) is 8.05. The van der Waals surface area contributed by atoms with Gasteiger partial charge in [-0.1, -0.05) is 29.7 Å². The fraction of sp³-hybridized carbons (Fsp3) is 0.250. The van der Waals surface area contributed by atoms with Crippen LogP contribution in [0.1, 0.15) is 23.1 Å². The van der Waals surface area contributed by atoms with Crippen LogP contribution in [0.3, 0.4) is 0 Å². The van der Waals surface area contributed by atoms with E-state index in [1.165, 1.54) is 5.56 Å². The van der Waals surface area contributed by atoms with Crippen molar-refractivity contribution < 1.29 is 14.3 Å². The fourth-order valence-electron chi connectivity index (χ4n) is 2.14. The third kappa shape index (κ3) is 4.89. The van der Waals surface area contributed by atoms with Crippen molar-refractivity contribution in [2.24, 2.45) is 0 Å². The summed E-state index contributed by atoms with van der Waals surface area (Å²) in [6.07, 6.45) is 1.01. The van der Waals surface area contributed by atoms with Crippen LogP contribution in [0, 0.1) is 18.8 Å². The lowest BCUT2D eigenvalue weighted by molar-refractivity contribution is -0.113. The summed E-state index contributed by atoms with van der Waals surface area (Å²) in [6, 6.07) is 13.5. The van der Waals surface area contributed by atoms with Gasteiger partial charge < -0.3 is 9.47 Å². The molecule has 0 heterocycles. The minimum absolute atomic E-state index is 0.0691. The van der Waals surface area contributed by atoms with Gasteiger partial charge in [0.1, 0.15) is 0 Å². The van der Waals surface area contributed by atoms with Gasteiger partial charge in [0.25, 0.3) is 0 Å². The van der Waals surface area contributed by atoms with E-state index in [9.17, 15) is 4.79 Å². The quantitative estimate of drug-likeness (QED) is 0.792. The molecule has 0 N–H and O–H groups in total. The van der Waals surface area contributed by atoms with Gasteiger partial charge in [0, 0.05) is 12.0 Å². The first-order valence-electron chi connectivity index (χ1n) is 7.45. The molecule has 0 amide bonds. The van der Waals surface area contributed by atoms with Crippen molar-refractivity contribution in [3.05, 3.63) is 59.2 Å². The lowest BCUT2D eigenvalue weighted by atomic mass is 10.1. The topological polar surface area (TPSA) is 35.5 Å². The van der Waals surface area contributed by atoms with Crippen molar-refractivity contribution in [3.63, 3.8) is 0 Å². The Labute approximate surface area is 137 Å². The summed E-state index contributed by atoms with van der Waals surface area (Å²) in [5.74, 6) is 6.88. The molecule has 0 saturated carbocycles. The van der Waals surface area contributed by atoms with Gasteiger partial charge in [-0.3, -0.25) is 4.79 Å². The Morgan fingerprint density at radius 2 is 1.70 bits per heavy atom. The fourth-order valence-corrected chi connectivity index (χ4v) is 2.14. The van der Waals surface area contributed by atoms with Crippen LogP contribution in [0.4, 0.5) is 0 Å². The monoisotopic (exact) mass is 308 g/mol. The van der Waals surface area contributed by atoms with Crippen LogP contribution in [0.2, 0.25) is 0 Å². The molecule has 0 spiro atoms. The van der Waals surface area contributed by atoms with Crippen molar-refractivity contribution in [1.82, 2.24) is 0 Å². The number of rotatable bonds is 5. The van der Waals surface area contributed by atoms with Gasteiger partial charge in [0.2, 0.25) is 5.78 Å². The maximum absolute atomic E-state index is 11.9. The van der Waals surface area contributed by atoms with E-state index in [0.29, 0.717) is 24.3 Å². The molecule has 0 aliphatic carbocycles. The SMILES string of the molecule is COc1ccc(CCC(=O)C#Cc2ccc(C)cc2)cc1OC. The summed E-state index contributed by atoms with van der Waals surface area (Å²) in [5.41, 5.74) is 3.05. The van der Waals surface area contributed by atoms with Gasteiger partial charge in [0.05, 0.1) is 14.2 Å². The average Bonchev–Trinajstić information content (AvgIpc) is 2.59. The van der Waals surface area contributed by atoms with E-state index in [1.54, 1.807) is 14.2 Å². The number of ketones is 1. The molecule has 0 unspecified atom stereocenters. The summed E-state index contributed by atoms with van der Waals surface area (Å²) < 4.78 is 10.5. The highest BCUT2D eigenvalue weighted by molar-refractivity contribution is 5.96. The molecule has 0 radical (unpaired) electrons. The largest absolute Gasteiger partial charge is 0.493 e. The van der Waals surface area contributed by atoms with E-state index >= 15 is 0 Å². The van der Waals surface area contributed by atoms with E-state index in [4.69, 9.17) is 9.47 Å². The maximum Gasteiger partial charge on any atom is 0.206 e. The predicted octanol–water partition coefficient (Wildman–Crippen LogP) is 3.57. The van der Waals surface area contributed by atoms with Crippen molar-refractivity contribution in [3.8, 4) is 23.3 Å². The zero-order valence-corrected chi connectivity index (χ0v) is 13.7. The van der Waals surface area contributed by atoms with Crippen LogP contribution in [0.5, 0.6) is 11.5 Å². The van der Waals surface area contributed by atoms with E-state index in [-0.39, 0.29) is 5.78 Å². The summed E-state index contributed by atoms with van der Waals surface area (Å²) in [5, 5.41) is 0. The number of Topliss-reactive ketones (excluding diaryl/α,β-unsaturated/α-hetero) is 1. The molecule has 3 heteroatoms. The molecule has 0 fully saturated rings. The first kappa shape index (κ1) is 16.6. The standard InChI is InChI=1S/C20H20O3/c1-15-4-6-16(7-5-15)8-11-18(21)12-9-17-10-13-19(22-2)20(14-17)23-3/h4-7,10,13-14H,9,12H2,1-3H3. The van der Waals surface area contributed by atoms with Crippen LogP contribution in [-0.4, -0.2) is 20.0 Å². The zero-order valence-electron chi connectivity index (χ0n) is 13.7. The Kier molecular flexibility index (Phi) is 5.82. The molecule has 0 bridgehead atoms. The predicted molar refractivity (Wildman–Crippen MR) is 90.9 cm³/mol. The number of ether oxygens (including phenoxy) is 2. The minimum Gasteiger partial charge on any atom is -0.493 e. The number of benzene rings is 2. The molecule has 23 heavy (non-hydrogen) atoms. The number of methoxy groups -OCH3 is 2. The molecule has 3 nitrogen and oxygen atoms in total. The summed E-state index contributed by atoms with van der Waals surface area (Å²) in [4.78, 5) is 11.9. The maximum atomic E-state index is 11.9. The molecular weight excluding hydrogens is 288 g/mol. The number of carbonyl (C=O) groups is 1. The smallest absolute Gasteiger partial charge is 0.206 e. The summed E-state index contributed by atoms with van der Waals surface area (Å²) >= 11 is 0. The van der Waals surface area contributed by atoms with Gasteiger partial charge in [0.15, 0.2) is 11.5 Å². The Bertz CT molecular complexity index is 734. The van der Waals surface area contributed by atoms with Gasteiger partial charge in [-0.05, 0) is 49.1 Å². The lowest BCUT2D eigenvalue weighted by Crippen LogP contribution is -1.98. The highest BCUT2D eigenvalue weighted by atomic mass is 16.5. The van der Waals surface area contributed by atoms with Crippen LogP contribution in [0.15, 0.2) is 42.5 Å². The van der Waals surface area contributed by atoms with E-state index < -0.39 is 0 Å². The van der Waals surface area contributed by atoms with Crippen LogP contribution in [-0.2, 0) is 11.2 Å². The van der Waals surface area contributed by atoms with Crippen LogP contribution in [0.25, 0.3) is 0 Å². The first-order chi connectivity index (χ1) is 11.1. The molecule has 0 atom stereocenters. The van der Waals surface area contributed by atoms with Crippen molar-refractivity contribution in [2.75, 3.05) is 14.2 Å². The number of carbonyl (C=O) groups excluding carboxylic acids is 1. The Morgan fingerprint density at radius 1 is 1.00 bits per heavy atom. The third-order valence-electron chi connectivity index (χ3n) is 3.49. The highest BCUT2D eigenvalue weighted by Crippen LogP contribution is 2.27. The Balaban J connectivity index is 1.96. The van der Waals surface area contributed by atoms with Gasteiger partial charge in [-0.15, -0.1) is 0 Å². The van der Waals surface area contributed by atoms with E-state index in [0.717, 1.165) is 11.1 Å². The minimum atomic E-state index is -0.0691. The summed E-state index contributed by atoms with van der Waals surface area (Å²) in [7, 11) is 3.20. The molecule has 0 saturated heterocycles. The number of hydrogen-bond acceptors (Lipinski definition) is 3. The van der Waals surface area contributed by atoms with Crippen molar-refractivity contribution in [1.29, 1.82) is 0 Å². The lowest BCUT2D eigenvalue weighted by Gasteiger charge is -2.08. The highest BCUT2D eigenvalue weighted by Gasteiger charge is 2.06. The van der Waals surface area contributed by atoms with Crippen molar-refractivity contribution in [2.45, 2.75) is 19.8 Å². The molecule has 118 valence electrons. The van der Waals surface area contributed by atoms with Crippen LogP contribution >= 0.6 is 0 Å². The van der Waals surface area contributed by atoms with Gasteiger partial charge >= 0.3 is 0 Å². The first-order valence-corrected chi connectivity index (χ1v) is 7.45. The number of hydrogen-bond donors (Lipinski definition) is 0. The second-order valence-electron chi connectivity index (χ2n) is 5.23. The van der Waals surface area contributed by atoms with Gasteiger partial charge in [-0.25, -0.2) is 0 Å². The Morgan fingerprint density at radius 3 is 2.35 bits per heavy atom. The molecule has 0 aliphatic rings. The molecular formula is C20H20O3. The van der Waals surface area contributed by atoms with Gasteiger partial charge in [-0.2, -0.15) is 0 Å². The molecule has 2 aromatic rings.